The number of nitrogens with one attached hydrogen (secondary N) is 2. The Bertz CT molecular complexity index is 1410. The van der Waals surface area contributed by atoms with Gasteiger partial charge in [0.2, 0.25) is 0 Å². The zero-order valence-electron chi connectivity index (χ0n) is 20.3. The Kier molecular flexibility index (Phi) is 5.97. The summed E-state index contributed by atoms with van der Waals surface area (Å²) < 4.78 is 38.2. The SMILES string of the molecule is CNC(=O)c1cc2c(c(F)c1-c1c(Cl)c(F)cc3c1C[C@](c1ccccc1)([C@@H]1CCCN1)O3)C(O)CC2. The molecule has 1 unspecified atom stereocenters. The highest BCUT2D eigenvalue weighted by Crippen LogP contribution is 2.53. The summed E-state index contributed by atoms with van der Waals surface area (Å²) in [5.74, 6) is -1.75. The molecule has 0 saturated carbocycles. The van der Waals surface area contributed by atoms with Crippen molar-refractivity contribution in [1.29, 1.82) is 0 Å². The molecule has 5 nitrogen and oxygen atoms in total. The van der Waals surface area contributed by atoms with Crippen molar-refractivity contribution in [3.63, 3.8) is 0 Å². The van der Waals surface area contributed by atoms with E-state index in [0.717, 1.165) is 24.9 Å². The molecule has 3 aromatic carbocycles. The molecule has 3 atom stereocenters. The molecule has 37 heavy (non-hydrogen) atoms. The Labute approximate surface area is 218 Å². The highest BCUT2D eigenvalue weighted by atomic mass is 35.5. The molecule has 0 radical (unpaired) electrons. The molecule has 0 spiro atoms. The van der Waals surface area contributed by atoms with E-state index in [-0.39, 0.29) is 39.1 Å². The zero-order valence-corrected chi connectivity index (χ0v) is 21.1. The van der Waals surface area contributed by atoms with Crippen LogP contribution >= 0.6 is 11.6 Å². The van der Waals surface area contributed by atoms with Crippen LogP contribution in [-0.4, -0.2) is 30.6 Å². The van der Waals surface area contributed by atoms with E-state index in [0.29, 0.717) is 30.4 Å². The van der Waals surface area contributed by atoms with Gasteiger partial charge in [-0.25, -0.2) is 8.78 Å². The lowest BCUT2D eigenvalue weighted by molar-refractivity contribution is 0.0539. The van der Waals surface area contributed by atoms with Crippen molar-refractivity contribution in [1.82, 2.24) is 10.6 Å². The van der Waals surface area contributed by atoms with Gasteiger partial charge in [0, 0.05) is 41.8 Å². The van der Waals surface area contributed by atoms with Crippen molar-refractivity contribution in [2.45, 2.75) is 49.9 Å². The minimum absolute atomic E-state index is 0.0536. The number of carbonyl (C=O) groups excluding carboxylic acids is 1. The fourth-order valence-corrected chi connectivity index (χ4v) is 6.57. The second-order valence-corrected chi connectivity index (χ2v) is 10.4. The number of aliphatic hydroxyl groups excluding tert-OH is 1. The average Bonchev–Trinajstić information content (AvgIpc) is 3.65. The first-order chi connectivity index (χ1) is 17.9. The third-order valence-corrected chi connectivity index (χ3v) is 8.40. The second-order valence-electron chi connectivity index (χ2n) is 10.0. The maximum Gasteiger partial charge on any atom is 0.251 e. The molecule has 6 rings (SSSR count). The van der Waals surface area contributed by atoms with Gasteiger partial charge in [-0.3, -0.25) is 4.79 Å². The largest absolute Gasteiger partial charge is 0.480 e. The van der Waals surface area contributed by atoms with Gasteiger partial charge < -0.3 is 20.5 Å². The number of amides is 1. The van der Waals surface area contributed by atoms with Crippen LogP contribution in [0.15, 0.2) is 42.5 Å². The first kappa shape index (κ1) is 24.3. The van der Waals surface area contributed by atoms with Gasteiger partial charge in [-0.2, -0.15) is 0 Å². The van der Waals surface area contributed by atoms with E-state index in [9.17, 15) is 9.90 Å². The summed E-state index contributed by atoms with van der Waals surface area (Å²) in [5.41, 5.74) is 1.37. The molecule has 3 aliphatic rings. The number of hydrogen-bond donors (Lipinski definition) is 3. The molecule has 192 valence electrons. The van der Waals surface area contributed by atoms with Crippen molar-refractivity contribution in [3.8, 4) is 16.9 Å². The Morgan fingerprint density at radius 1 is 1.19 bits per heavy atom. The molecule has 2 aliphatic heterocycles. The van der Waals surface area contributed by atoms with Gasteiger partial charge in [0.1, 0.15) is 17.4 Å². The highest BCUT2D eigenvalue weighted by Gasteiger charge is 2.50. The summed E-state index contributed by atoms with van der Waals surface area (Å²) in [5, 5.41) is 16.3. The fraction of sp³-hybridized carbons (Fsp3) is 0.345. The minimum atomic E-state index is -1.00. The van der Waals surface area contributed by atoms with Gasteiger partial charge in [0.05, 0.1) is 22.7 Å². The van der Waals surface area contributed by atoms with Crippen LogP contribution in [-0.2, 0) is 18.4 Å². The average molecular weight is 525 g/mol. The maximum absolute atomic E-state index is 16.3. The van der Waals surface area contributed by atoms with Crippen LogP contribution in [0.25, 0.3) is 11.1 Å². The standard InChI is InChI=1S/C29H27ClF2N2O3/c1-33-28(36)17-12-15-9-10-20(35)23(15)27(32)25(17)24-18-14-29(22-8-5-11-34-22,16-6-3-2-4-7-16)37-21(18)13-19(31)26(24)30/h2-4,6-7,12-13,20,22,34-35H,5,8-11,14H2,1H3,(H,33,36)/t20?,22-,29-/m0/s1. The van der Waals surface area contributed by atoms with Crippen molar-refractivity contribution in [2.75, 3.05) is 13.6 Å². The summed E-state index contributed by atoms with van der Waals surface area (Å²) >= 11 is 6.58. The monoisotopic (exact) mass is 524 g/mol. The van der Waals surface area contributed by atoms with Gasteiger partial charge in [-0.1, -0.05) is 41.9 Å². The zero-order chi connectivity index (χ0) is 25.9. The van der Waals surface area contributed by atoms with E-state index in [1.807, 2.05) is 30.3 Å². The number of aliphatic hydroxyl groups is 1. The van der Waals surface area contributed by atoms with Gasteiger partial charge >= 0.3 is 0 Å². The molecule has 2 heterocycles. The number of carbonyl (C=O) groups is 1. The smallest absolute Gasteiger partial charge is 0.251 e. The Morgan fingerprint density at radius 3 is 2.68 bits per heavy atom. The topological polar surface area (TPSA) is 70.6 Å². The third kappa shape index (κ3) is 3.67. The number of rotatable bonds is 4. The lowest BCUT2D eigenvalue weighted by atomic mass is 9.80. The number of halogens is 3. The van der Waals surface area contributed by atoms with E-state index in [1.165, 1.54) is 13.1 Å². The maximum atomic E-state index is 16.3. The summed E-state index contributed by atoms with van der Waals surface area (Å²) in [6, 6.07) is 12.5. The normalized spacial score (nSPS) is 24.0. The summed E-state index contributed by atoms with van der Waals surface area (Å²) in [6.45, 7) is 0.832. The molecule has 1 amide bonds. The summed E-state index contributed by atoms with van der Waals surface area (Å²) in [7, 11) is 1.46. The highest BCUT2D eigenvalue weighted by molar-refractivity contribution is 6.34. The molecule has 0 bridgehead atoms. The number of ether oxygens (including phenoxy) is 1. The van der Waals surface area contributed by atoms with Crippen molar-refractivity contribution in [2.24, 2.45) is 0 Å². The first-order valence-electron chi connectivity index (χ1n) is 12.6. The number of fused-ring (bicyclic) bond motifs is 2. The van der Waals surface area contributed by atoms with Crippen LogP contribution in [0.1, 0.15) is 58.0 Å². The van der Waals surface area contributed by atoms with E-state index < -0.39 is 29.2 Å². The fourth-order valence-electron chi connectivity index (χ4n) is 6.30. The molecule has 1 fully saturated rings. The van der Waals surface area contributed by atoms with Gasteiger partial charge in [-0.15, -0.1) is 0 Å². The van der Waals surface area contributed by atoms with Gasteiger partial charge in [0.15, 0.2) is 5.60 Å². The number of hydrogen-bond acceptors (Lipinski definition) is 4. The second kappa shape index (κ2) is 9.08. The van der Waals surface area contributed by atoms with Crippen LogP contribution in [0.3, 0.4) is 0 Å². The molecule has 1 aliphatic carbocycles. The molecular formula is C29H27ClF2N2O3. The molecule has 3 aromatic rings. The lowest BCUT2D eigenvalue weighted by Crippen LogP contribution is -2.48. The Hall–Kier alpha value is -3.00. The Morgan fingerprint density at radius 2 is 1.97 bits per heavy atom. The number of benzene rings is 3. The van der Waals surface area contributed by atoms with Gasteiger partial charge in [0.25, 0.3) is 5.91 Å². The summed E-state index contributed by atoms with van der Waals surface area (Å²) in [4.78, 5) is 13.0. The third-order valence-electron chi connectivity index (χ3n) is 8.04. The van der Waals surface area contributed by atoms with E-state index in [4.69, 9.17) is 16.3 Å². The molecule has 1 saturated heterocycles. The van der Waals surface area contributed by atoms with Crippen LogP contribution in [0.2, 0.25) is 5.02 Å². The first-order valence-corrected chi connectivity index (χ1v) is 13.0. The summed E-state index contributed by atoms with van der Waals surface area (Å²) in [6.07, 6.45) is 1.93. The minimum Gasteiger partial charge on any atom is -0.480 e. The number of aryl methyl sites for hydroxylation is 1. The molecule has 8 heteroatoms. The van der Waals surface area contributed by atoms with Crippen LogP contribution < -0.4 is 15.4 Å². The van der Waals surface area contributed by atoms with Crippen LogP contribution in [0.5, 0.6) is 5.75 Å². The van der Waals surface area contributed by atoms with Crippen molar-refractivity contribution < 1.29 is 23.4 Å². The predicted octanol–water partition coefficient (Wildman–Crippen LogP) is 5.21. The van der Waals surface area contributed by atoms with Crippen LogP contribution in [0.4, 0.5) is 8.78 Å². The lowest BCUT2D eigenvalue weighted by Gasteiger charge is -2.35. The molecular weight excluding hydrogens is 498 g/mol. The predicted molar refractivity (Wildman–Crippen MR) is 137 cm³/mol. The molecule has 3 N–H and O–H groups in total. The van der Waals surface area contributed by atoms with E-state index in [2.05, 4.69) is 10.6 Å². The van der Waals surface area contributed by atoms with Crippen LogP contribution in [0, 0.1) is 11.6 Å². The Balaban J connectivity index is 1.61. The molecule has 0 aromatic heterocycles. The van der Waals surface area contributed by atoms with E-state index in [1.54, 1.807) is 6.07 Å². The van der Waals surface area contributed by atoms with Gasteiger partial charge in [-0.05, 0) is 49.4 Å². The van der Waals surface area contributed by atoms with E-state index >= 15 is 8.78 Å². The van der Waals surface area contributed by atoms with Crippen molar-refractivity contribution in [3.05, 3.63) is 86.9 Å². The van der Waals surface area contributed by atoms with Crippen molar-refractivity contribution >= 4 is 17.5 Å². The quantitative estimate of drug-likeness (QED) is 0.438.